The van der Waals surface area contributed by atoms with Gasteiger partial charge >= 0.3 is 0 Å². The van der Waals surface area contributed by atoms with Gasteiger partial charge in [-0.15, -0.1) is 11.3 Å². The number of hydrogen-bond acceptors (Lipinski definition) is 5. The molecule has 0 aliphatic rings. The van der Waals surface area contributed by atoms with Gasteiger partial charge in [0, 0.05) is 47.6 Å². The molecule has 0 spiro atoms. The van der Waals surface area contributed by atoms with Crippen molar-refractivity contribution in [1.29, 1.82) is 0 Å². The number of rotatable bonds is 6. The number of benzene rings is 8. The third-order valence-corrected chi connectivity index (χ3v) is 11.8. The molecule has 11 rings (SSSR count). The fraction of sp³-hybridized carbons (Fsp3) is 0. The Bertz CT molecular complexity index is 3220. The third-order valence-electron chi connectivity index (χ3n) is 10.6. The van der Waals surface area contributed by atoms with E-state index in [4.69, 9.17) is 19.4 Å². The number of nitrogens with zero attached hydrogens (tertiary/aromatic N) is 3. The predicted octanol–water partition coefficient (Wildman–Crippen LogP) is 14.1. The number of aromatic nitrogens is 3. The van der Waals surface area contributed by atoms with Crippen molar-refractivity contribution in [2.24, 2.45) is 0 Å². The molecule has 56 heavy (non-hydrogen) atoms. The van der Waals surface area contributed by atoms with Gasteiger partial charge in [0.1, 0.15) is 11.2 Å². The van der Waals surface area contributed by atoms with Gasteiger partial charge in [0.15, 0.2) is 17.5 Å². The molecule has 4 nitrogen and oxygen atoms in total. The SMILES string of the molecule is c1ccc(-c2ccc(-c3nc(-c4ccc(-c5cccc6c5sc5cccc(-c7ccccc7)c56)cc4)nc(-c4ccc5c(c4)oc4ccccc45)n3)cc2)cc1. The van der Waals surface area contributed by atoms with Gasteiger partial charge in [-0.25, -0.2) is 15.0 Å². The number of fused-ring (bicyclic) bond motifs is 6. The van der Waals surface area contributed by atoms with Crippen LogP contribution in [0.15, 0.2) is 192 Å². The fourth-order valence-corrected chi connectivity index (χ4v) is 9.07. The second-order valence-corrected chi connectivity index (χ2v) is 15.0. The van der Waals surface area contributed by atoms with Crippen molar-refractivity contribution >= 4 is 53.4 Å². The van der Waals surface area contributed by atoms with E-state index in [9.17, 15) is 0 Å². The lowest BCUT2D eigenvalue weighted by Gasteiger charge is -2.10. The molecular weight excluding hydrogens is 703 g/mol. The zero-order valence-electron chi connectivity index (χ0n) is 30.1. The topological polar surface area (TPSA) is 51.8 Å². The van der Waals surface area contributed by atoms with E-state index in [0.717, 1.165) is 49.8 Å². The highest BCUT2D eigenvalue weighted by Crippen LogP contribution is 2.44. The van der Waals surface area contributed by atoms with E-state index >= 15 is 0 Å². The maximum atomic E-state index is 6.26. The Labute approximate surface area is 327 Å². The van der Waals surface area contributed by atoms with Crippen LogP contribution in [0.1, 0.15) is 0 Å². The molecule has 0 atom stereocenters. The molecule has 0 saturated carbocycles. The molecule has 3 aromatic heterocycles. The van der Waals surface area contributed by atoms with Gasteiger partial charge in [0.05, 0.1) is 0 Å². The van der Waals surface area contributed by atoms with Crippen LogP contribution in [0.3, 0.4) is 0 Å². The molecule has 0 fully saturated rings. The molecule has 5 heteroatoms. The summed E-state index contributed by atoms with van der Waals surface area (Å²) in [6, 6.07) is 65.7. The minimum atomic E-state index is 0.591. The van der Waals surface area contributed by atoms with Crippen LogP contribution in [0.2, 0.25) is 0 Å². The first kappa shape index (κ1) is 32.2. The maximum absolute atomic E-state index is 6.26. The Morgan fingerprint density at radius 3 is 1.57 bits per heavy atom. The van der Waals surface area contributed by atoms with Crippen molar-refractivity contribution in [3.8, 4) is 67.5 Å². The van der Waals surface area contributed by atoms with Gasteiger partial charge < -0.3 is 4.42 Å². The van der Waals surface area contributed by atoms with Crippen LogP contribution < -0.4 is 0 Å². The first-order valence-corrected chi connectivity index (χ1v) is 19.5. The molecule has 3 heterocycles. The molecule has 0 radical (unpaired) electrons. The summed E-state index contributed by atoms with van der Waals surface area (Å²) in [4.78, 5) is 15.2. The Morgan fingerprint density at radius 2 is 0.839 bits per heavy atom. The highest BCUT2D eigenvalue weighted by molar-refractivity contribution is 7.26. The molecule has 0 amide bonds. The maximum Gasteiger partial charge on any atom is 0.164 e. The van der Waals surface area contributed by atoms with Crippen LogP contribution in [0.25, 0.3) is 110 Å². The molecule has 0 saturated heterocycles. The van der Waals surface area contributed by atoms with Crippen molar-refractivity contribution in [1.82, 2.24) is 15.0 Å². The highest BCUT2D eigenvalue weighted by atomic mass is 32.1. The summed E-state index contributed by atoms with van der Waals surface area (Å²) in [5.74, 6) is 1.82. The summed E-state index contributed by atoms with van der Waals surface area (Å²) in [5, 5.41) is 4.74. The van der Waals surface area contributed by atoms with Gasteiger partial charge in [-0.1, -0.05) is 164 Å². The lowest BCUT2D eigenvalue weighted by molar-refractivity contribution is 0.669. The largest absolute Gasteiger partial charge is 0.456 e. The monoisotopic (exact) mass is 733 g/mol. The van der Waals surface area contributed by atoms with Crippen LogP contribution in [0.5, 0.6) is 0 Å². The van der Waals surface area contributed by atoms with E-state index in [1.165, 1.54) is 42.4 Å². The second-order valence-electron chi connectivity index (χ2n) is 14.0. The summed E-state index contributed by atoms with van der Waals surface area (Å²) in [5.41, 5.74) is 11.5. The Balaban J connectivity index is 1.01. The lowest BCUT2D eigenvalue weighted by Crippen LogP contribution is -2.00. The highest BCUT2D eigenvalue weighted by Gasteiger charge is 2.17. The summed E-state index contributed by atoms with van der Waals surface area (Å²) >= 11 is 1.85. The van der Waals surface area contributed by atoms with Crippen molar-refractivity contribution in [2.45, 2.75) is 0 Å². The van der Waals surface area contributed by atoms with Gasteiger partial charge in [-0.3, -0.25) is 0 Å². The van der Waals surface area contributed by atoms with Gasteiger partial charge in [-0.2, -0.15) is 0 Å². The molecule has 0 aliphatic carbocycles. The number of thiophene rings is 1. The Hall–Kier alpha value is -7.21. The van der Waals surface area contributed by atoms with Gasteiger partial charge in [-0.05, 0) is 57.6 Å². The quantitative estimate of drug-likeness (QED) is 0.171. The summed E-state index contributed by atoms with van der Waals surface area (Å²) in [6.07, 6.45) is 0. The summed E-state index contributed by atoms with van der Waals surface area (Å²) in [7, 11) is 0. The molecule has 262 valence electrons. The standard InChI is InChI=1S/C51H31N3OS/c1-3-11-32(12-4-1)33-21-25-36(26-22-33)49-52-50(54-51(53-49)38-29-30-42-41-15-7-8-19-44(41)55-45(42)31-38)37-27-23-35(24-28-37)40-17-9-18-43-47-39(34-13-5-2-6-14-34)16-10-20-46(47)56-48(40)43/h1-31H. The second kappa shape index (κ2) is 13.3. The minimum absolute atomic E-state index is 0.591. The van der Waals surface area contributed by atoms with Crippen LogP contribution in [0.4, 0.5) is 0 Å². The molecule has 0 bridgehead atoms. The smallest absolute Gasteiger partial charge is 0.164 e. The zero-order valence-corrected chi connectivity index (χ0v) is 30.9. The molecule has 11 aromatic rings. The number of para-hydroxylation sites is 1. The van der Waals surface area contributed by atoms with E-state index in [1.54, 1.807) is 0 Å². The van der Waals surface area contributed by atoms with Crippen molar-refractivity contribution in [3.05, 3.63) is 188 Å². The zero-order chi connectivity index (χ0) is 37.0. The van der Waals surface area contributed by atoms with Crippen LogP contribution in [0, 0.1) is 0 Å². The predicted molar refractivity (Wildman–Crippen MR) is 233 cm³/mol. The van der Waals surface area contributed by atoms with Crippen molar-refractivity contribution in [3.63, 3.8) is 0 Å². The summed E-state index contributed by atoms with van der Waals surface area (Å²) in [6.45, 7) is 0. The van der Waals surface area contributed by atoms with E-state index in [-0.39, 0.29) is 0 Å². The minimum Gasteiger partial charge on any atom is -0.456 e. The first-order chi connectivity index (χ1) is 27.7. The average molecular weight is 734 g/mol. The lowest BCUT2D eigenvalue weighted by atomic mass is 9.97. The average Bonchev–Trinajstić information content (AvgIpc) is 3.85. The molecule has 0 N–H and O–H groups in total. The van der Waals surface area contributed by atoms with Crippen molar-refractivity contribution < 1.29 is 4.42 Å². The molecule has 0 unspecified atom stereocenters. The third kappa shape index (κ3) is 5.56. The van der Waals surface area contributed by atoms with Crippen LogP contribution in [-0.4, -0.2) is 15.0 Å². The van der Waals surface area contributed by atoms with E-state index < -0.39 is 0 Å². The fourth-order valence-electron chi connectivity index (χ4n) is 7.80. The van der Waals surface area contributed by atoms with E-state index in [2.05, 4.69) is 158 Å². The molecule has 8 aromatic carbocycles. The van der Waals surface area contributed by atoms with E-state index in [0.29, 0.717) is 17.5 Å². The number of hydrogen-bond donors (Lipinski definition) is 0. The first-order valence-electron chi connectivity index (χ1n) is 18.7. The van der Waals surface area contributed by atoms with Crippen LogP contribution >= 0.6 is 11.3 Å². The normalized spacial score (nSPS) is 11.6. The molecular formula is C51H31N3OS. The van der Waals surface area contributed by atoms with Crippen LogP contribution in [-0.2, 0) is 0 Å². The number of furan rings is 1. The molecule has 0 aliphatic heterocycles. The van der Waals surface area contributed by atoms with E-state index in [1.807, 2.05) is 41.7 Å². The van der Waals surface area contributed by atoms with Gasteiger partial charge in [0.25, 0.3) is 0 Å². The Kier molecular flexibility index (Phi) is 7.64. The van der Waals surface area contributed by atoms with Crippen molar-refractivity contribution in [2.75, 3.05) is 0 Å². The Morgan fingerprint density at radius 1 is 0.339 bits per heavy atom. The van der Waals surface area contributed by atoms with Gasteiger partial charge in [0.2, 0.25) is 0 Å². The summed E-state index contributed by atoms with van der Waals surface area (Å²) < 4.78 is 8.83.